The summed E-state index contributed by atoms with van der Waals surface area (Å²) < 4.78 is 7.69. The summed E-state index contributed by atoms with van der Waals surface area (Å²) in [4.78, 5) is 19.5. The van der Waals surface area contributed by atoms with Crippen LogP contribution < -0.4 is 0 Å². The van der Waals surface area contributed by atoms with E-state index < -0.39 is 0 Å². The number of aromatic nitrogens is 5. The minimum atomic E-state index is 0.00964. The van der Waals surface area contributed by atoms with Gasteiger partial charge in [-0.15, -0.1) is 16.4 Å². The van der Waals surface area contributed by atoms with Crippen molar-refractivity contribution >= 4 is 28.8 Å². The van der Waals surface area contributed by atoms with Crippen molar-refractivity contribution in [1.82, 2.24) is 30.0 Å². The summed E-state index contributed by atoms with van der Waals surface area (Å²) in [5.41, 5.74) is 0.544. The predicted molar refractivity (Wildman–Crippen MR) is 101 cm³/mol. The Morgan fingerprint density at radius 2 is 2.26 bits per heavy atom. The standard InChI is InChI=1S/C17H19ClN6O2S/c1-10(2)15-19-16(26-21-15)12-9-24(22-20-12)11-4-3-7-23(8-11)17(25)13-5-6-14(18)27-13/h5-6,9-11H,3-4,7-8H2,1-2H3. The molecule has 4 heterocycles. The molecule has 1 saturated heterocycles. The van der Waals surface area contributed by atoms with E-state index in [4.69, 9.17) is 16.1 Å². The monoisotopic (exact) mass is 406 g/mol. The zero-order chi connectivity index (χ0) is 19.0. The molecule has 0 radical (unpaired) electrons. The topological polar surface area (TPSA) is 89.9 Å². The molecule has 1 fully saturated rings. The van der Waals surface area contributed by atoms with E-state index in [1.807, 2.05) is 18.7 Å². The van der Waals surface area contributed by atoms with Gasteiger partial charge < -0.3 is 9.42 Å². The van der Waals surface area contributed by atoms with Crippen LogP contribution in [0.25, 0.3) is 11.6 Å². The zero-order valence-electron chi connectivity index (χ0n) is 15.0. The fraction of sp³-hybridized carbons (Fsp3) is 0.471. The molecule has 142 valence electrons. The Kier molecular flexibility index (Phi) is 4.96. The van der Waals surface area contributed by atoms with Crippen LogP contribution in [0.5, 0.6) is 0 Å². The number of likely N-dealkylation sites (tertiary alicyclic amines) is 1. The summed E-state index contributed by atoms with van der Waals surface area (Å²) in [5, 5.41) is 12.3. The Hall–Kier alpha value is -2.26. The van der Waals surface area contributed by atoms with Gasteiger partial charge in [0.25, 0.3) is 11.8 Å². The molecule has 27 heavy (non-hydrogen) atoms. The fourth-order valence-electron chi connectivity index (χ4n) is 3.07. The maximum Gasteiger partial charge on any atom is 0.280 e. The quantitative estimate of drug-likeness (QED) is 0.657. The number of halogens is 1. The van der Waals surface area contributed by atoms with E-state index in [0.717, 1.165) is 19.4 Å². The highest BCUT2D eigenvalue weighted by atomic mass is 35.5. The minimum absolute atomic E-state index is 0.00964. The van der Waals surface area contributed by atoms with Gasteiger partial charge in [0.2, 0.25) is 0 Å². The average molecular weight is 407 g/mol. The Labute approximate surface area is 165 Å². The summed E-state index contributed by atoms with van der Waals surface area (Å²) in [7, 11) is 0. The fourth-order valence-corrected chi connectivity index (χ4v) is 4.08. The molecule has 1 aliphatic rings. The molecule has 1 atom stereocenters. The van der Waals surface area contributed by atoms with Crippen LogP contribution >= 0.6 is 22.9 Å². The van der Waals surface area contributed by atoms with E-state index in [0.29, 0.717) is 33.2 Å². The number of nitrogens with zero attached hydrogens (tertiary/aromatic N) is 6. The smallest absolute Gasteiger partial charge is 0.280 e. The highest BCUT2D eigenvalue weighted by Gasteiger charge is 2.27. The van der Waals surface area contributed by atoms with E-state index >= 15 is 0 Å². The molecule has 0 aromatic carbocycles. The molecular weight excluding hydrogens is 388 g/mol. The summed E-state index contributed by atoms with van der Waals surface area (Å²) in [6.07, 6.45) is 3.64. The van der Waals surface area contributed by atoms with Gasteiger partial charge in [-0.05, 0) is 25.0 Å². The SMILES string of the molecule is CC(C)c1noc(-c2cn(C3CCCN(C(=O)c4ccc(Cl)s4)C3)nn2)n1. The lowest BCUT2D eigenvalue weighted by molar-refractivity contribution is 0.0677. The van der Waals surface area contributed by atoms with E-state index in [1.165, 1.54) is 11.3 Å². The molecule has 0 bridgehead atoms. The number of rotatable bonds is 4. The average Bonchev–Trinajstić information content (AvgIpc) is 3.40. The molecule has 10 heteroatoms. The maximum atomic E-state index is 12.7. The zero-order valence-corrected chi connectivity index (χ0v) is 16.6. The summed E-state index contributed by atoms with van der Waals surface area (Å²) in [5.74, 6) is 1.20. The number of thiophene rings is 1. The van der Waals surface area contributed by atoms with Gasteiger partial charge in [0.1, 0.15) is 0 Å². The number of carbonyl (C=O) groups excluding carboxylic acids is 1. The minimum Gasteiger partial charge on any atom is -0.336 e. The van der Waals surface area contributed by atoms with Gasteiger partial charge in [0, 0.05) is 19.0 Å². The molecule has 1 unspecified atom stereocenters. The van der Waals surface area contributed by atoms with Crippen LogP contribution in [-0.2, 0) is 0 Å². The Morgan fingerprint density at radius 3 is 2.96 bits per heavy atom. The van der Waals surface area contributed by atoms with Crippen LogP contribution in [0.4, 0.5) is 0 Å². The summed E-state index contributed by atoms with van der Waals surface area (Å²) >= 11 is 7.26. The van der Waals surface area contributed by atoms with Crippen molar-refractivity contribution in [3.05, 3.63) is 33.4 Å². The van der Waals surface area contributed by atoms with Gasteiger partial charge in [0.05, 0.1) is 21.5 Å². The van der Waals surface area contributed by atoms with Gasteiger partial charge in [-0.3, -0.25) is 4.79 Å². The van der Waals surface area contributed by atoms with Crippen molar-refractivity contribution in [2.24, 2.45) is 0 Å². The molecule has 0 aliphatic carbocycles. The molecule has 4 rings (SSSR count). The maximum absolute atomic E-state index is 12.7. The Balaban J connectivity index is 1.48. The van der Waals surface area contributed by atoms with E-state index in [2.05, 4.69) is 20.5 Å². The number of hydrogen-bond donors (Lipinski definition) is 0. The van der Waals surface area contributed by atoms with Gasteiger partial charge in [0.15, 0.2) is 11.5 Å². The molecule has 1 aliphatic heterocycles. The molecule has 0 spiro atoms. The number of hydrogen-bond acceptors (Lipinski definition) is 7. The van der Waals surface area contributed by atoms with Crippen LogP contribution in [0.3, 0.4) is 0 Å². The first kappa shape index (κ1) is 18.1. The largest absolute Gasteiger partial charge is 0.336 e. The van der Waals surface area contributed by atoms with Crippen molar-refractivity contribution in [3.63, 3.8) is 0 Å². The molecule has 0 N–H and O–H groups in total. The lowest BCUT2D eigenvalue weighted by Gasteiger charge is -2.32. The van der Waals surface area contributed by atoms with Gasteiger partial charge in [-0.25, -0.2) is 4.68 Å². The van der Waals surface area contributed by atoms with Crippen molar-refractivity contribution in [3.8, 4) is 11.6 Å². The second-order valence-corrected chi connectivity index (χ2v) is 8.56. The van der Waals surface area contributed by atoms with Crippen LogP contribution in [0.15, 0.2) is 22.9 Å². The van der Waals surface area contributed by atoms with E-state index in [-0.39, 0.29) is 17.9 Å². The molecule has 8 nitrogen and oxygen atoms in total. The third-order valence-corrected chi connectivity index (χ3v) is 5.75. The molecule has 3 aromatic rings. The van der Waals surface area contributed by atoms with Crippen molar-refractivity contribution in [1.29, 1.82) is 0 Å². The van der Waals surface area contributed by atoms with Crippen LogP contribution in [0.2, 0.25) is 4.34 Å². The third kappa shape index (κ3) is 3.74. The van der Waals surface area contributed by atoms with Gasteiger partial charge >= 0.3 is 0 Å². The Bertz CT molecular complexity index is 949. The number of piperidine rings is 1. The second-order valence-electron chi connectivity index (χ2n) is 6.85. The van der Waals surface area contributed by atoms with Crippen LogP contribution in [0, 0.1) is 0 Å². The number of amides is 1. The summed E-state index contributed by atoms with van der Waals surface area (Å²) in [6, 6.07) is 3.58. The normalized spacial score (nSPS) is 17.6. The molecule has 0 saturated carbocycles. The van der Waals surface area contributed by atoms with E-state index in [1.54, 1.807) is 23.0 Å². The molecule has 1 amide bonds. The highest BCUT2D eigenvalue weighted by Crippen LogP contribution is 2.27. The first-order chi connectivity index (χ1) is 13.0. The summed E-state index contributed by atoms with van der Waals surface area (Å²) in [6.45, 7) is 5.31. The lowest BCUT2D eigenvalue weighted by Crippen LogP contribution is -2.40. The predicted octanol–water partition coefficient (Wildman–Crippen LogP) is 3.64. The number of carbonyl (C=O) groups is 1. The van der Waals surface area contributed by atoms with E-state index in [9.17, 15) is 4.79 Å². The Morgan fingerprint density at radius 1 is 1.41 bits per heavy atom. The highest BCUT2D eigenvalue weighted by molar-refractivity contribution is 7.17. The lowest BCUT2D eigenvalue weighted by atomic mass is 10.1. The van der Waals surface area contributed by atoms with Crippen molar-refractivity contribution < 1.29 is 9.32 Å². The van der Waals surface area contributed by atoms with Gasteiger partial charge in [-0.2, -0.15) is 4.98 Å². The van der Waals surface area contributed by atoms with Crippen molar-refractivity contribution in [2.75, 3.05) is 13.1 Å². The van der Waals surface area contributed by atoms with Crippen LogP contribution in [-0.4, -0.2) is 49.0 Å². The van der Waals surface area contributed by atoms with Gasteiger partial charge in [-0.1, -0.05) is 35.8 Å². The first-order valence-electron chi connectivity index (χ1n) is 8.81. The third-order valence-electron chi connectivity index (χ3n) is 4.53. The first-order valence-corrected chi connectivity index (χ1v) is 10.0. The second kappa shape index (κ2) is 7.40. The molecule has 3 aromatic heterocycles. The van der Waals surface area contributed by atoms with Crippen LogP contribution in [0.1, 0.15) is 54.1 Å². The molecular formula is C17H19ClN6O2S. The van der Waals surface area contributed by atoms with Crippen molar-refractivity contribution in [2.45, 2.75) is 38.6 Å².